The number of carboxylic acids is 1. The average Bonchev–Trinajstić information content (AvgIpc) is 3.57. The molecule has 0 unspecified atom stereocenters. The Morgan fingerprint density at radius 2 is 1.86 bits per heavy atom. The summed E-state index contributed by atoms with van der Waals surface area (Å²) in [5, 5.41) is 15.9. The number of rotatable bonds is 6. The van der Waals surface area contributed by atoms with Crippen molar-refractivity contribution in [3.8, 4) is 15.6 Å². The number of fused-ring (bicyclic) bond motifs is 1. The van der Waals surface area contributed by atoms with E-state index in [0.29, 0.717) is 10.9 Å². The van der Waals surface area contributed by atoms with E-state index in [1.807, 2.05) is 42.6 Å². The molecule has 0 aromatic carbocycles. The van der Waals surface area contributed by atoms with Crippen molar-refractivity contribution in [2.75, 3.05) is 4.90 Å². The summed E-state index contributed by atoms with van der Waals surface area (Å²) in [6.07, 6.45) is 8.85. The first-order valence-electron chi connectivity index (χ1n) is 12.1. The third kappa shape index (κ3) is 4.65. The van der Waals surface area contributed by atoms with Gasteiger partial charge in [-0.2, -0.15) is 0 Å². The molecule has 4 aromatic rings. The van der Waals surface area contributed by atoms with E-state index < -0.39 is 5.97 Å². The molecule has 1 N–H and O–H groups in total. The van der Waals surface area contributed by atoms with E-state index in [1.165, 1.54) is 17.5 Å². The molecule has 8 nitrogen and oxygen atoms in total. The maximum atomic E-state index is 13.5. The van der Waals surface area contributed by atoms with Crippen molar-refractivity contribution < 1.29 is 14.7 Å². The number of thiophene rings is 1. The van der Waals surface area contributed by atoms with E-state index in [-0.39, 0.29) is 29.2 Å². The molecule has 0 atom stereocenters. The standard InChI is InChI=1S/C26H28ClN5O3S/c1-15(2)32(25(33)17-6-4-16(3)5-7-17)24-19(26(34)35)13-31(29-24)23-11-9-21(36-23)20-14-30-12-18(27)8-10-22(30)28-20/h8-17H,4-7H2,1-3H3,(H,34,35)/t16-,17-. The van der Waals surface area contributed by atoms with Gasteiger partial charge in [0.15, 0.2) is 5.82 Å². The molecule has 4 aromatic heterocycles. The van der Waals surface area contributed by atoms with Crippen LogP contribution in [0.2, 0.25) is 5.02 Å². The first-order valence-corrected chi connectivity index (χ1v) is 13.3. The fourth-order valence-electron chi connectivity index (χ4n) is 4.79. The Kier molecular flexibility index (Phi) is 6.61. The SMILES string of the molecule is CC(C)N(c1nn(-c2ccc(-c3cn4cc(Cl)ccc4n3)s2)cc1C(=O)O)C(=O)[C@H]1CC[C@H](C)CC1. The smallest absolute Gasteiger partial charge is 0.341 e. The number of hydrogen-bond acceptors (Lipinski definition) is 5. The molecule has 1 saturated carbocycles. The molecule has 0 spiro atoms. The molecule has 1 aliphatic rings. The molecule has 1 amide bonds. The Labute approximate surface area is 218 Å². The zero-order valence-electron chi connectivity index (χ0n) is 20.4. The number of halogens is 1. The van der Waals surface area contributed by atoms with Gasteiger partial charge in [-0.1, -0.05) is 18.5 Å². The van der Waals surface area contributed by atoms with Crippen molar-refractivity contribution >= 4 is 46.3 Å². The van der Waals surface area contributed by atoms with Crippen molar-refractivity contribution in [3.63, 3.8) is 0 Å². The Hall–Kier alpha value is -3.17. The Morgan fingerprint density at radius 1 is 1.11 bits per heavy atom. The molecular weight excluding hydrogens is 498 g/mol. The number of imidazole rings is 1. The number of carboxylic acid groups (broad SMARTS) is 1. The number of amides is 1. The van der Waals surface area contributed by atoms with Crippen molar-refractivity contribution in [2.45, 2.75) is 52.5 Å². The highest BCUT2D eigenvalue weighted by Crippen LogP contribution is 2.34. The zero-order chi connectivity index (χ0) is 25.6. The normalized spacial score (nSPS) is 18.1. The lowest BCUT2D eigenvalue weighted by molar-refractivity contribution is -0.123. The van der Waals surface area contributed by atoms with Gasteiger partial charge in [0.2, 0.25) is 5.91 Å². The van der Waals surface area contributed by atoms with Gasteiger partial charge in [-0.25, -0.2) is 14.5 Å². The highest BCUT2D eigenvalue weighted by Gasteiger charge is 2.34. The lowest BCUT2D eigenvalue weighted by Gasteiger charge is -2.32. The topological polar surface area (TPSA) is 92.7 Å². The van der Waals surface area contributed by atoms with Gasteiger partial charge in [0.05, 0.1) is 15.6 Å². The van der Waals surface area contributed by atoms with Gasteiger partial charge in [0, 0.05) is 30.6 Å². The van der Waals surface area contributed by atoms with Crippen molar-refractivity contribution in [3.05, 3.63) is 53.4 Å². The average molecular weight is 526 g/mol. The molecule has 1 fully saturated rings. The quantitative estimate of drug-likeness (QED) is 0.325. The van der Waals surface area contributed by atoms with Crippen LogP contribution in [0.4, 0.5) is 5.82 Å². The van der Waals surface area contributed by atoms with Gasteiger partial charge < -0.3 is 9.51 Å². The second-order valence-corrected chi connectivity index (χ2v) is 11.3. The van der Waals surface area contributed by atoms with E-state index >= 15 is 0 Å². The van der Waals surface area contributed by atoms with Crippen LogP contribution in [0.25, 0.3) is 21.2 Å². The number of hydrogen-bond donors (Lipinski definition) is 1. The minimum atomic E-state index is -1.11. The van der Waals surface area contributed by atoms with Gasteiger partial charge in [-0.15, -0.1) is 16.4 Å². The van der Waals surface area contributed by atoms with Gasteiger partial charge >= 0.3 is 5.97 Å². The maximum Gasteiger partial charge on any atom is 0.341 e. The van der Waals surface area contributed by atoms with Crippen LogP contribution >= 0.6 is 22.9 Å². The minimum Gasteiger partial charge on any atom is -0.477 e. The van der Waals surface area contributed by atoms with Crippen LogP contribution in [0.5, 0.6) is 0 Å². The fourth-order valence-corrected chi connectivity index (χ4v) is 5.84. The number of nitrogens with zero attached hydrogens (tertiary/aromatic N) is 5. The van der Waals surface area contributed by atoms with Crippen molar-refractivity contribution in [1.29, 1.82) is 0 Å². The van der Waals surface area contributed by atoms with Crippen LogP contribution in [0.1, 0.15) is 56.8 Å². The number of anilines is 1. The summed E-state index contributed by atoms with van der Waals surface area (Å²) in [5.74, 6) is -0.445. The molecule has 0 radical (unpaired) electrons. The van der Waals surface area contributed by atoms with Gasteiger partial charge in [0.25, 0.3) is 0 Å². The van der Waals surface area contributed by atoms with Crippen LogP contribution in [-0.2, 0) is 4.79 Å². The molecule has 0 saturated heterocycles. The first-order chi connectivity index (χ1) is 17.2. The summed E-state index contributed by atoms with van der Waals surface area (Å²) in [6, 6.07) is 7.23. The van der Waals surface area contributed by atoms with Gasteiger partial charge in [-0.05, 0) is 69.7 Å². The fraction of sp³-hybridized carbons (Fsp3) is 0.385. The zero-order valence-corrected chi connectivity index (χ0v) is 22.0. The summed E-state index contributed by atoms with van der Waals surface area (Å²) in [5.41, 5.74) is 1.57. The van der Waals surface area contributed by atoms with E-state index in [2.05, 4.69) is 17.0 Å². The van der Waals surface area contributed by atoms with Crippen molar-refractivity contribution in [2.24, 2.45) is 11.8 Å². The molecular formula is C26H28ClN5O3S. The van der Waals surface area contributed by atoms with E-state index in [0.717, 1.165) is 46.9 Å². The van der Waals surface area contributed by atoms with Crippen LogP contribution in [0.15, 0.2) is 42.9 Å². The Morgan fingerprint density at radius 3 is 2.56 bits per heavy atom. The molecule has 10 heteroatoms. The lowest BCUT2D eigenvalue weighted by atomic mass is 9.82. The summed E-state index contributed by atoms with van der Waals surface area (Å²) in [6.45, 7) is 6.00. The maximum absolute atomic E-state index is 13.5. The minimum absolute atomic E-state index is 0.0125. The first kappa shape index (κ1) is 24.5. The highest BCUT2D eigenvalue weighted by molar-refractivity contribution is 7.17. The number of aromatic nitrogens is 4. The van der Waals surface area contributed by atoms with Crippen LogP contribution in [-0.4, -0.2) is 42.2 Å². The van der Waals surface area contributed by atoms with E-state index in [9.17, 15) is 14.7 Å². The summed E-state index contributed by atoms with van der Waals surface area (Å²) in [7, 11) is 0. The van der Waals surface area contributed by atoms with Crippen LogP contribution in [0.3, 0.4) is 0 Å². The van der Waals surface area contributed by atoms with E-state index in [1.54, 1.807) is 21.8 Å². The summed E-state index contributed by atoms with van der Waals surface area (Å²) in [4.78, 5) is 32.8. The highest BCUT2D eigenvalue weighted by atomic mass is 35.5. The predicted molar refractivity (Wildman–Crippen MR) is 141 cm³/mol. The molecule has 5 rings (SSSR count). The number of carbonyl (C=O) groups excluding carboxylic acids is 1. The summed E-state index contributed by atoms with van der Waals surface area (Å²) >= 11 is 7.54. The number of aromatic carboxylic acids is 1. The second-order valence-electron chi connectivity index (χ2n) is 9.75. The number of carbonyl (C=O) groups is 2. The number of pyridine rings is 1. The molecule has 188 valence electrons. The molecule has 4 heterocycles. The largest absolute Gasteiger partial charge is 0.477 e. The van der Waals surface area contributed by atoms with Crippen LogP contribution in [0, 0.1) is 11.8 Å². The third-order valence-electron chi connectivity index (χ3n) is 6.76. The molecule has 1 aliphatic carbocycles. The Bertz CT molecular complexity index is 1430. The third-order valence-corrected chi connectivity index (χ3v) is 8.08. The van der Waals surface area contributed by atoms with E-state index in [4.69, 9.17) is 11.6 Å². The molecule has 0 bridgehead atoms. The molecule has 36 heavy (non-hydrogen) atoms. The van der Waals surface area contributed by atoms with Crippen LogP contribution < -0.4 is 4.90 Å². The lowest BCUT2D eigenvalue weighted by Crippen LogP contribution is -2.43. The second kappa shape index (κ2) is 9.71. The Balaban J connectivity index is 1.48. The van der Waals surface area contributed by atoms with Crippen molar-refractivity contribution in [1.82, 2.24) is 19.2 Å². The predicted octanol–water partition coefficient (Wildman–Crippen LogP) is 6.17. The van der Waals surface area contributed by atoms with Gasteiger partial charge in [-0.3, -0.25) is 9.69 Å². The summed E-state index contributed by atoms with van der Waals surface area (Å²) < 4.78 is 3.41. The van der Waals surface area contributed by atoms with Gasteiger partial charge in [0.1, 0.15) is 16.2 Å². The molecule has 0 aliphatic heterocycles. The monoisotopic (exact) mass is 525 g/mol.